The van der Waals surface area contributed by atoms with E-state index in [0.29, 0.717) is 0 Å². The van der Waals surface area contributed by atoms with Crippen molar-refractivity contribution >= 4 is 23.4 Å². The molecule has 0 bridgehead atoms. The first-order valence-electron chi connectivity index (χ1n) is 8.68. The number of rotatable bonds is 6. The van der Waals surface area contributed by atoms with E-state index in [4.69, 9.17) is 4.74 Å². The monoisotopic (exact) mass is 334 g/mol. The molecule has 1 aromatic carbocycles. The van der Waals surface area contributed by atoms with Gasteiger partial charge in [0.1, 0.15) is 6.61 Å². The first kappa shape index (κ1) is 16.8. The molecule has 1 aliphatic heterocycles. The van der Waals surface area contributed by atoms with Gasteiger partial charge in [-0.25, -0.2) is 0 Å². The van der Waals surface area contributed by atoms with E-state index in [1.165, 1.54) is 30.6 Å². The third-order valence-corrected chi connectivity index (χ3v) is 5.83. The van der Waals surface area contributed by atoms with Crippen LogP contribution in [0.25, 0.3) is 0 Å². The zero-order valence-electron chi connectivity index (χ0n) is 13.6. The number of benzene rings is 1. The number of nitrogens with one attached hydrogen (secondary N) is 2. The highest BCUT2D eigenvalue weighted by molar-refractivity contribution is 8.00. The molecule has 3 rings (SSSR count). The molecule has 0 radical (unpaired) electrons. The van der Waals surface area contributed by atoms with Gasteiger partial charge in [0.25, 0.3) is 0 Å². The largest absolute Gasteiger partial charge is 0.368 e. The first-order valence-corrected chi connectivity index (χ1v) is 9.56. The molecule has 1 amide bonds. The number of thioether (sulfide) groups is 1. The van der Waals surface area contributed by atoms with Gasteiger partial charge in [-0.1, -0.05) is 12.8 Å². The maximum atomic E-state index is 12.0. The van der Waals surface area contributed by atoms with E-state index in [9.17, 15) is 4.79 Å². The van der Waals surface area contributed by atoms with Crippen molar-refractivity contribution in [1.29, 1.82) is 0 Å². The molecule has 1 heterocycles. The number of amides is 1. The van der Waals surface area contributed by atoms with Crippen LogP contribution in [0.4, 0.5) is 5.69 Å². The minimum atomic E-state index is -0.0697. The van der Waals surface area contributed by atoms with Crippen LogP contribution >= 0.6 is 11.8 Å². The van der Waals surface area contributed by atoms with Gasteiger partial charge in [-0.3, -0.25) is 4.79 Å². The summed E-state index contributed by atoms with van der Waals surface area (Å²) in [6, 6.07) is 8.18. The summed E-state index contributed by atoms with van der Waals surface area (Å²) in [7, 11) is 0. The second-order valence-corrected chi connectivity index (χ2v) is 7.73. The van der Waals surface area contributed by atoms with Crippen molar-refractivity contribution in [1.82, 2.24) is 5.32 Å². The van der Waals surface area contributed by atoms with E-state index >= 15 is 0 Å². The molecule has 0 unspecified atom stereocenters. The summed E-state index contributed by atoms with van der Waals surface area (Å²) in [5.41, 5.74) is 0.847. The van der Waals surface area contributed by atoms with Crippen molar-refractivity contribution in [2.75, 3.05) is 25.0 Å². The lowest BCUT2D eigenvalue weighted by molar-refractivity contribution is -0.123. The second-order valence-electron chi connectivity index (χ2n) is 6.36. The molecule has 0 aromatic heterocycles. The van der Waals surface area contributed by atoms with Crippen LogP contribution in [0, 0.1) is 0 Å². The van der Waals surface area contributed by atoms with Crippen molar-refractivity contribution in [3.05, 3.63) is 24.3 Å². The van der Waals surface area contributed by atoms with Gasteiger partial charge in [-0.15, -0.1) is 11.8 Å². The summed E-state index contributed by atoms with van der Waals surface area (Å²) in [4.78, 5) is 13.3. The van der Waals surface area contributed by atoms with Crippen LogP contribution in [-0.4, -0.2) is 37.0 Å². The number of piperidine rings is 1. The summed E-state index contributed by atoms with van der Waals surface area (Å²) in [5.74, 6) is -0.0697. The minimum absolute atomic E-state index is 0.0697. The maximum Gasteiger partial charge on any atom is 0.250 e. The Hall–Kier alpha value is -1.04. The average molecular weight is 334 g/mol. The predicted octanol–water partition coefficient (Wildman–Crippen LogP) is 3.43. The van der Waals surface area contributed by atoms with Gasteiger partial charge in [-0.2, -0.15) is 0 Å². The standard InChI is InChI=1S/C18H26N2O2S/c21-18(13-22-15-9-11-19-12-10-15)20-14-5-7-17(8-6-14)23-16-3-1-2-4-16/h5-8,15-16,19H,1-4,9-13H2,(H,20,21). The zero-order chi connectivity index (χ0) is 15.9. The van der Waals surface area contributed by atoms with E-state index in [2.05, 4.69) is 22.8 Å². The van der Waals surface area contributed by atoms with Crippen molar-refractivity contribution in [3.8, 4) is 0 Å². The normalized spacial score (nSPS) is 19.8. The zero-order valence-corrected chi connectivity index (χ0v) is 14.4. The lowest BCUT2D eigenvalue weighted by Crippen LogP contribution is -2.34. The lowest BCUT2D eigenvalue weighted by atomic mass is 10.1. The molecule has 0 atom stereocenters. The summed E-state index contributed by atoms with van der Waals surface area (Å²) < 4.78 is 5.67. The molecule has 126 valence electrons. The molecule has 1 aliphatic carbocycles. The van der Waals surface area contributed by atoms with Gasteiger partial charge in [0.15, 0.2) is 0 Å². The van der Waals surface area contributed by atoms with Crippen LogP contribution in [-0.2, 0) is 9.53 Å². The Kier molecular flexibility index (Phi) is 6.37. The molecule has 1 aromatic rings. The fourth-order valence-corrected chi connectivity index (χ4v) is 4.42. The van der Waals surface area contributed by atoms with Gasteiger partial charge in [0, 0.05) is 15.8 Å². The van der Waals surface area contributed by atoms with Crippen LogP contribution in [0.5, 0.6) is 0 Å². The van der Waals surface area contributed by atoms with Gasteiger partial charge in [0.05, 0.1) is 6.10 Å². The summed E-state index contributed by atoms with van der Waals surface area (Å²) in [5, 5.41) is 6.98. The third-order valence-electron chi connectivity index (χ3n) is 4.48. The molecule has 2 aliphatic rings. The van der Waals surface area contributed by atoms with Crippen molar-refractivity contribution in [3.63, 3.8) is 0 Å². The molecular formula is C18H26N2O2S. The fourth-order valence-electron chi connectivity index (χ4n) is 3.17. The van der Waals surface area contributed by atoms with Gasteiger partial charge < -0.3 is 15.4 Å². The SMILES string of the molecule is O=C(COC1CCNCC1)Nc1ccc(SC2CCCC2)cc1. The highest BCUT2D eigenvalue weighted by atomic mass is 32.2. The Morgan fingerprint density at radius 3 is 2.52 bits per heavy atom. The number of hydrogen-bond acceptors (Lipinski definition) is 4. The highest BCUT2D eigenvalue weighted by Crippen LogP contribution is 2.34. The van der Waals surface area contributed by atoms with E-state index in [1.54, 1.807) is 0 Å². The molecule has 1 saturated heterocycles. The number of ether oxygens (including phenoxy) is 1. The Labute approximate surface area is 142 Å². The molecule has 5 heteroatoms. The average Bonchev–Trinajstić information content (AvgIpc) is 3.09. The Morgan fingerprint density at radius 2 is 1.83 bits per heavy atom. The fraction of sp³-hybridized carbons (Fsp3) is 0.611. The van der Waals surface area contributed by atoms with Crippen LogP contribution in [0.15, 0.2) is 29.2 Å². The third kappa shape index (κ3) is 5.52. The highest BCUT2D eigenvalue weighted by Gasteiger charge is 2.16. The first-order chi connectivity index (χ1) is 11.3. The minimum Gasteiger partial charge on any atom is -0.368 e. The maximum absolute atomic E-state index is 12.0. The molecule has 0 spiro atoms. The van der Waals surface area contributed by atoms with E-state index in [1.807, 2.05) is 23.9 Å². The Balaban J connectivity index is 1.40. The molecule has 2 N–H and O–H groups in total. The quantitative estimate of drug-likeness (QED) is 0.837. The van der Waals surface area contributed by atoms with Gasteiger partial charge in [0.2, 0.25) is 5.91 Å². The summed E-state index contributed by atoms with van der Waals surface area (Å²) in [6.07, 6.45) is 7.58. The van der Waals surface area contributed by atoms with E-state index in [-0.39, 0.29) is 18.6 Å². The number of hydrogen-bond donors (Lipinski definition) is 2. The number of carbonyl (C=O) groups excluding carboxylic acids is 1. The number of carbonyl (C=O) groups is 1. The van der Waals surface area contributed by atoms with Crippen LogP contribution in [0.1, 0.15) is 38.5 Å². The molecule has 2 fully saturated rings. The van der Waals surface area contributed by atoms with Crippen LogP contribution in [0.2, 0.25) is 0 Å². The van der Waals surface area contributed by atoms with Gasteiger partial charge in [-0.05, 0) is 63.0 Å². The molecule has 4 nitrogen and oxygen atoms in total. The summed E-state index contributed by atoms with van der Waals surface area (Å²) >= 11 is 1.96. The molecule has 1 saturated carbocycles. The van der Waals surface area contributed by atoms with E-state index < -0.39 is 0 Å². The Bertz CT molecular complexity index is 494. The topological polar surface area (TPSA) is 50.4 Å². The van der Waals surface area contributed by atoms with Crippen LogP contribution < -0.4 is 10.6 Å². The van der Waals surface area contributed by atoms with Gasteiger partial charge >= 0.3 is 0 Å². The lowest BCUT2D eigenvalue weighted by Gasteiger charge is -2.22. The van der Waals surface area contributed by atoms with Crippen molar-refractivity contribution < 1.29 is 9.53 Å². The number of anilines is 1. The molecule has 23 heavy (non-hydrogen) atoms. The van der Waals surface area contributed by atoms with Crippen molar-refractivity contribution in [2.24, 2.45) is 0 Å². The van der Waals surface area contributed by atoms with Crippen molar-refractivity contribution in [2.45, 2.75) is 54.8 Å². The van der Waals surface area contributed by atoms with Crippen LogP contribution in [0.3, 0.4) is 0 Å². The second kappa shape index (κ2) is 8.71. The van der Waals surface area contributed by atoms with E-state index in [0.717, 1.165) is 36.9 Å². The Morgan fingerprint density at radius 1 is 1.13 bits per heavy atom. The predicted molar refractivity (Wildman–Crippen MR) is 95.0 cm³/mol. The molecular weight excluding hydrogens is 308 g/mol. The summed E-state index contributed by atoms with van der Waals surface area (Å²) in [6.45, 7) is 2.10. The smallest absolute Gasteiger partial charge is 0.250 e.